The summed E-state index contributed by atoms with van der Waals surface area (Å²) in [5.74, 6) is 0.164. The maximum absolute atomic E-state index is 10.7. The number of cyclic esters (lactones) is 1. The van der Waals surface area contributed by atoms with Crippen molar-refractivity contribution in [1.82, 2.24) is 0 Å². The Morgan fingerprint density at radius 1 is 1.82 bits per heavy atom. The van der Waals surface area contributed by atoms with Gasteiger partial charge in [0.2, 0.25) is 0 Å². The van der Waals surface area contributed by atoms with Crippen molar-refractivity contribution in [2.45, 2.75) is 13.0 Å². The number of carbonyl (C=O) groups excluding carboxylic acids is 1. The first-order chi connectivity index (χ1) is 5.15. The highest BCUT2D eigenvalue weighted by Crippen LogP contribution is 2.21. The van der Waals surface area contributed by atoms with Crippen LogP contribution in [0.1, 0.15) is 6.92 Å². The molecule has 1 atom stereocenters. The molecule has 0 fully saturated rings. The van der Waals surface area contributed by atoms with Crippen molar-refractivity contribution in [2.75, 3.05) is 7.11 Å². The third kappa shape index (κ3) is 1.42. The monoisotopic (exact) mass is 154 g/mol. The van der Waals surface area contributed by atoms with Crippen LogP contribution in [-0.4, -0.2) is 19.2 Å². The van der Waals surface area contributed by atoms with Crippen molar-refractivity contribution >= 4 is 5.97 Å². The van der Waals surface area contributed by atoms with Crippen LogP contribution in [0.4, 0.5) is 0 Å². The Labute approximate surface area is 65.3 Å². The Bertz CT molecular complexity index is 227. The molecule has 1 aliphatic heterocycles. The lowest BCUT2D eigenvalue weighted by atomic mass is 10.2. The summed E-state index contributed by atoms with van der Waals surface area (Å²) in [6.45, 7) is 5.46. The Morgan fingerprint density at radius 3 is 2.82 bits per heavy atom. The van der Waals surface area contributed by atoms with Crippen molar-refractivity contribution < 1.29 is 14.3 Å². The first-order valence-corrected chi connectivity index (χ1v) is 3.26. The molecule has 1 rings (SSSR count). The maximum atomic E-state index is 10.7. The van der Waals surface area contributed by atoms with Crippen LogP contribution >= 0.6 is 0 Å². The van der Waals surface area contributed by atoms with E-state index in [1.54, 1.807) is 6.92 Å². The van der Waals surface area contributed by atoms with E-state index in [-0.39, 0.29) is 12.1 Å². The molecular formula is C8H10O3. The maximum Gasteiger partial charge on any atom is 0.335 e. The number of carbonyl (C=O) groups is 1. The highest BCUT2D eigenvalue weighted by molar-refractivity contribution is 5.85. The van der Waals surface area contributed by atoms with Gasteiger partial charge in [0.15, 0.2) is 6.10 Å². The van der Waals surface area contributed by atoms with E-state index in [1.807, 2.05) is 0 Å². The molecule has 0 aromatic heterocycles. The lowest BCUT2D eigenvalue weighted by Gasteiger charge is -2.11. The van der Waals surface area contributed by atoms with E-state index in [9.17, 15) is 4.79 Å². The number of rotatable bonds is 2. The van der Waals surface area contributed by atoms with Gasteiger partial charge in [-0.2, -0.15) is 0 Å². The zero-order chi connectivity index (χ0) is 8.43. The van der Waals surface area contributed by atoms with Gasteiger partial charge in [0, 0.05) is 0 Å². The summed E-state index contributed by atoms with van der Waals surface area (Å²) >= 11 is 0. The average molecular weight is 154 g/mol. The molecule has 0 saturated carbocycles. The Hall–Kier alpha value is -1.25. The molecule has 3 nitrogen and oxygen atoms in total. The smallest absolute Gasteiger partial charge is 0.335 e. The minimum absolute atomic E-state index is 0.366. The molecule has 0 aromatic carbocycles. The summed E-state index contributed by atoms with van der Waals surface area (Å²) in [6, 6.07) is 0. The van der Waals surface area contributed by atoms with Gasteiger partial charge in [-0.1, -0.05) is 6.58 Å². The predicted molar refractivity (Wildman–Crippen MR) is 39.8 cm³/mol. The molecule has 0 N–H and O–H groups in total. The predicted octanol–water partition coefficient (Wildman–Crippen LogP) is 1.02. The average Bonchev–Trinajstić information content (AvgIpc) is 2.30. The molecule has 0 amide bonds. The molecule has 11 heavy (non-hydrogen) atoms. The molecule has 0 unspecified atom stereocenters. The zero-order valence-corrected chi connectivity index (χ0v) is 6.59. The third-order valence-electron chi connectivity index (χ3n) is 1.44. The van der Waals surface area contributed by atoms with Crippen molar-refractivity contribution in [3.8, 4) is 0 Å². The normalized spacial score (nSPS) is 22.5. The van der Waals surface area contributed by atoms with Crippen molar-refractivity contribution in [2.24, 2.45) is 0 Å². The van der Waals surface area contributed by atoms with Gasteiger partial charge in [0.1, 0.15) is 5.76 Å². The van der Waals surface area contributed by atoms with Crippen LogP contribution in [-0.2, 0) is 14.3 Å². The van der Waals surface area contributed by atoms with E-state index < -0.39 is 0 Å². The van der Waals surface area contributed by atoms with E-state index in [0.717, 1.165) is 5.57 Å². The van der Waals surface area contributed by atoms with Gasteiger partial charge < -0.3 is 9.47 Å². The molecule has 0 spiro atoms. The molecule has 0 aromatic rings. The largest absolute Gasteiger partial charge is 0.496 e. The van der Waals surface area contributed by atoms with Crippen molar-refractivity contribution in [1.29, 1.82) is 0 Å². The second-order valence-corrected chi connectivity index (χ2v) is 2.41. The summed E-state index contributed by atoms with van der Waals surface area (Å²) in [5.41, 5.74) is 0.768. The molecule has 0 radical (unpaired) electrons. The molecule has 0 saturated heterocycles. The molecule has 1 heterocycles. The Morgan fingerprint density at radius 2 is 2.45 bits per heavy atom. The van der Waals surface area contributed by atoms with E-state index >= 15 is 0 Å². The van der Waals surface area contributed by atoms with Crippen LogP contribution in [0.15, 0.2) is 24.0 Å². The van der Waals surface area contributed by atoms with Gasteiger partial charge in [-0.3, -0.25) is 0 Å². The van der Waals surface area contributed by atoms with E-state index in [2.05, 4.69) is 6.58 Å². The van der Waals surface area contributed by atoms with Crippen molar-refractivity contribution in [3.05, 3.63) is 24.0 Å². The fraction of sp³-hybridized carbons (Fsp3) is 0.375. The van der Waals surface area contributed by atoms with Crippen LogP contribution in [0, 0.1) is 0 Å². The minimum atomic E-state index is -0.382. The van der Waals surface area contributed by atoms with E-state index in [4.69, 9.17) is 9.47 Å². The number of esters is 1. The molecule has 1 aliphatic rings. The minimum Gasteiger partial charge on any atom is -0.496 e. The SMILES string of the molecule is C=C(C)[C@H]1OC(=O)C=C1OC. The Kier molecular flexibility index (Phi) is 1.98. The summed E-state index contributed by atoms with van der Waals surface area (Å²) in [7, 11) is 1.50. The molecule has 0 aliphatic carbocycles. The van der Waals surface area contributed by atoms with Crippen LogP contribution in [0.2, 0.25) is 0 Å². The van der Waals surface area contributed by atoms with Gasteiger partial charge in [0.05, 0.1) is 13.2 Å². The van der Waals surface area contributed by atoms with Gasteiger partial charge in [0.25, 0.3) is 0 Å². The molecule has 0 bridgehead atoms. The summed E-state index contributed by atoms with van der Waals surface area (Å²) in [5, 5.41) is 0. The first kappa shape index (κ1) is 7.85. The topological polar surface area (TPSA) is 35.5 Å². The van der Waals surface area contributed by atoms with E-state index in [1.165, 1.54) is 13.2 Å². The van der Waals surface area contributed by atoms with Crippen LogP contribution < -0.4 is 0 Å². The van der Waals surface area contributed by atoms with E-state index in [0.29, 0.717) is 5.76 Å². The fourth-order valence-corrected chi connectivity index (χ4v) is 0.909. The standard InChI is InChI=1S/C8H10O3/c1-5(2)8-6(10-3)4-7(9)11-8/h4,8H,1H2,2-3H3/t8-/m1/s1. The number of hydrogen-bond acceptors (Lipinski definition) is 3. The quantitative estimate of drug-likeness (QED) is 0.440. The fourth-order valence-electron chi connectivity index (χ4n) is 0.909. The highest BCUT2D eigenvalue weighted by Gasteiger charge is 2.27. The summed E-state index contributed by atoms with van der Waals surface area (Å²) < 4.78 is 9.78. The molecular weight excluding hydrogens is 144 g/mol. The lowest BCUT2D eigenvalue weighted by molar-refractivity contribution is -0.138. The molecule has 3 heteroatoms. The Balaban J connectivity index is 2.79. The number of methoxy groups -OCH3 is 1. The first-order valence-electron chi connectivity index (χ1n) is 3.26. The highest BCUT2D eigenvalue weighted by atomic mass is 16.6. The number of hydrogen-bond donors (Lipinski definition) is 0. The lowest BCUT2D eigenvalue weighted by Crippen LogP contribution is -2.13. The summed E-state index contributed by atoms with van der Waals surface area (Å²) in [6.07, 6.45) is 0.951. The van der Waals surface area contributed by atoms with Gasteiger partial charge >= 0.3 is 5.97 Å². The van der Waals surface area contributed by atoms with Crippen LogP contribution in [0.3, 0.4) is 0 Å². The summed E-state index contributed by atoms with van der Waals surface area (Å²) in [4.78, 5) is 10.7. The third-order valence-corrected chi connectivity index (χ3v) is 1.44. The zero-order valence-electron chi connectivity index (χ0n) is 6.59. The molecule has 60 valence electrons. The van der Waals surface area contributed by atoms with Crippen LogP contribution in [0.5, 0.6) is 0 Å². The second kappa shape index (κ2) is 2.78. The van der Waals surface area contributed by atoms with Crippen molar-refractivity contribution in [3.63, 3.8) is 0 Å². The van der Waals surface area contributed by atoms with Gasteiger partial charge in [-0.15, -0.1) is 0 Å². The number of ether oxygens (including phenoxy) is 2. The van der Waals surface area contributed by atoms with Gasteiger partial charge in [-0.25, -0.2) is 4.79 Å². The van der Waals surface area contributed by atoms with Crippen LogP contribution in [0.25, 0.3) is 0 Å². The van der Waals surface area contributed by atoms with Gasteiger partial charge in [-0.05, 0) is 12.5 Å². The second-order valence-electron chi connectivity index (χ2n) is 2.41.